The van der Waals surface area contributed by atoms with Crippen LogP contribution in [0.15, 0.2) is 57.3 Å². The average molecular weight is 506 g/mol. The lowest BCUT2D eigenvalue weighted by atomic mass is 9.93. The van der Waals surface area contributed by atoms with Gasteiger partial charge in [0.25, 0.3) is 5.56 Å². The molecule has 2 heterocycles. The van der Waals surface area contributed by atoms with Crippen LogP contribution in [0.1, 0.15) is 38.8 Å². The molecule has 35 heavy (non-hydrogen) atoms. The second kappa shape index (κ2) is 10.4. The number of ether oxygens (including phenoxy) is 1. The number of H-pyrrole nitrogens is 1. The smallest absolute Gasteiger partial charge is 0.413 e. The van der Waals surface area contributed by atoms with Gasteiger partial charge in [0.15, 0.2) is 6.23 Å². The third kappa shape index (κ3) is 5.51. The van der Waals surface area contributed by atoms with Crippen LogP contribution in [0.25, 0.3) is 10.4 Å². The van der Waals surface area contributed by atoms with Crippen molar-refractivity contribution in [2.24, 2.45) is 5.11 Å². The van der Waals surface area contributed by atoms with Gasteiger partial charge in [-0.3, -0.25) is 18.9 Å². The van der Waals surface area contributed by atoms with Crippen LogP contribution in [-0.2, 0) is 13.8 Å². The monoisotopic (exact) mass is 506 g/mol. The fourth-order valence-corrected chi connectivity index (χ4v) is 5.98. The van der Waals surface area contributed by atoms with Crippen LogP contribution in [0, 0.1) is 0 Å². The third-order valence-electron chi connectivity index (χ3n) is 6.19. The van der Waals surface area contributed by atoms with Crippen LogP contribution in [0.4, 0.5) is 0 Å². The van der Waals surface area contributed by atoms with Crippen molar-refractivity contribution in [3.05, 3.63) is 73.9 Å². The number of aliphatic hydroxyl groups is 1. The minimum atomic E-state index is -3.89. The van der Waals surface area contributed by atoms with Crippen LogP contribution in [-0.4, -0.2) is 45.1 Å². The topological polar surface area (TPSA) is 181 Å². The van der Waals surface area contributed by atoms with E-state index in [4.69, 9.17) is 19.3 Å². The summed E-state index contributed by atoms with van der Waals surface area (Å²) in [4.78, 5) is 28.7. The van der Waals surface area contributed by atoms with Gasteiger partial charge in [-0.15, -0.1) is 0 Å². The molecule has 0 amide bonds. The Morgan fingerprint density at radius 2 is 2.03 bits per heavy atom. The van der Waals surface area contributed by atoms with E-state index in [1.807, 2.05) is 0 Å². The van der Waals surface area contributed by atoms with Crippen molar-refractivity contribution in [3.63, 3.8) is 0 Å². The molecule has 1 aliphatic carbocycles. The molecule has 2 aliphatic rings. The average Bonchev–Trinajstić information content (AvgIpc) is 3.40. The van der Waals surface area contributed by atoms with E-state index in [1.165, 1.54) is 13.1 Å². The first-order chi connectivity index (χ1) is 16.7. The van der Waals surface area contributed by atoms with Gasteiger partial charge in [-0.25, -0.2) is 14.4 Å². The molecule has 1 aliphatic heterocycles. The Bertz CT molecular complexity index is 1240. The van der Waals surface area contributed by atoms with E-state index in [-0.39, 0.29) is 6.04 Å². The summed E-state index contributed by atoms with van der Waals surface area (Å²) < 4.78 is 32.0. The largest absolute Gasteiger partial charge is 0.459 e. The van der Waals surface area contributed by atoms with Gasteiger partial charge in [-0.05, 0) is 37.4 Å². The highest BCUT2D eigenvalue weighted by molar-refractivity contribution is 7.52. The highest BCUT2D eigenvalue weighted by Gasteiger charge is 2.54. The zero-order valence-electron chi connectivity index (χ0n) is 19.0. The molecular formula is C21H27N6O7P. The number of para-hydroxylation sites is 1. The van der Waals surface area contributed by atoms with Crippen molar-refractivity contribution < 1.29 is 23.5 Å². The van der Waals surface area contributed by atoms with Gasteiger partial charge in [-0.1, -0.05) is 36.2 Å². The normalized spacial score (nSPS) is 28.3. The van der Waals surface area contributed by atoms with E-state index in [0.717, 1.165) is 36.3 Å². The molecule has 5 atom stereocenters. The van der Waals surface area contributed by atoms with Crippen LogP contribution in [0.5, 0.6) is 5.75 Å². The Morgan fingerprint density at radius 1 is 1.31 bits per heavy atom. The Morgan fingerprint density at radius 3 is 2.69 bits per heavy atom. The number of azide groups is 1. The number of aromatic amines is 1. The molecule has 2 aromatic rings. The predicted octanol–water partition coefficient (Wildman–Crippen LogP) is 2.60. The number of hydrogen-bond acceptors (Lipinski definition) is 8. The van der Waals surface area contributed by atoms with Crippen LogP contribution >= 0.6 is 7.75 Å². The molecule has 0 bridgehead atoms. The van der Waals surface area contributed by atoms with E-state index in [1.54, 1.807) is 30.3 Å². The first-order valence-corrected chi connectivity index (χ1v) is 12.8. The lowest BCUT2D eigenvalue weighted by Gasteiger charge is -2.28. The van der Waals surface area contributed by atoms with Crippen molar-refractivity contribution in [3.8, 4) is 5.75 Å². The van der Waals surface area contributed by atoms with Gasteiger partial charge < -0.3 is 14.4 Å². The molecular weight excluding hydrogens is 479 g/mol. The van der Waals surface area contributed by atoms with Crippen molar-refractivity contribution >= 4 is 7.75 Å². The molecule has 1 saturated carbocycles. The summed E-state index contributed by atoms with van der Waals surface area (Å²) in [7, 11) is -3.89. The third-order valence-corrected chi connectivity index (χ3v) is 7.81. The number of nitrogens with zero attached hydrogens (tertiary/aromatic N) is 4. The molecule has 14 heteroatoms. The highest BCUT2D eigenvalue weighted by atomic mass is 31.2. The maximum absolute atomic E-state index is 13.7. The molecule has 0 radical (unpaired) electrons. The van der Waals surface area contributed by atoms with E-state index < -0.39 is 49.6 Å². The first-order valence-electron chi connectivity index (χ1n) is 11.2. The van der Waals surface area contributed by atoms with E-state index >= 15 is 0 Å². The van der Waals surface area contributed by atoms with E-state index in [2.05, 4.69) is 20.1 Å². The zero-order chi connectivity index (χ0) is 25.1. The van der Waals surface area contributed by atoms with Crippen LogP contribution < -0.4 is 20.9 Å². The SMILES string of the molecule is C[C@@]1(N=[N+]=[N-])[C@H](O)[C@@H](COP(=O)(NC2CCCC2)Oc2ccccc2)O[C@@H]1n1ccc(=O)[nH]c1=O. The van der Waals surface area contributed by atoms with Crippen LogP contribution in [0.3, 0.4) is 0 Å². The summed E-state index contributed by atoms with van der Waals surface area (Å²) in [6.45, 7) is 1.02. The summed E-state index contributed by atoms with van der Waals surface area (Å²) in [6, 6.07) is 9.59. The summed E-state index contributed by atoms with van der Waals surface area (Å²) in [5.74, 6) is 0.339. The maximum Gasteiger partial charge on any atom is 0.459 e. The number of rotatable bonds is 9. The molecule has 1 aromatic heterocycles. The summed E-state index contributed by atoms with van der Waals surface area (Å²) in [6.07, 6.45) is 0.981. The van der Waals surface area contributed by atoms with Gasteiger partial charge in [0.1, 0.15) is 17.4 Å². The molecule has 0 spiro atoms. The van der Waals surface area contributed by atoms with Gasteiger partial charge in [0.05, 0.1) is 12.7 Å². The second-order valence-electron chi connectivity index (χ2n) is 8.71. The minimum absolute atomic E-state index is 0.0557. The molecule has 188 valence electrons. The lowest BCUT2D eigenvalue weighted by Crippen LogP contribution is -2.45. The number of aliphatic hydroxyl groups excluding tert-OH is 1. The molecule has 4 rings (SSSR count). The summed E-state index contributed by atoms with van der Waals surface area (Å²) in [5.41, 5.74) is 6.04. The zero-order valence-corrected chi connectivity index (χ0v) is 19.9. The molecule has 2 fully saturated rings. The van der Waals surface area contributed by atoms with Gasteiger partial charge >= 0.3 is 13.4 Å². The van der Waals surface area contributed by atoms with Crippen molar-refractivity contribution in [1.82, 2.24) is 14.6 Å². The summed E-state index contributed by atoms with van der Waals surface area (Å²) >= 11 is 0. The quantitative estimate of drug-likeness (QED) is 0.201. The molecule has 1 aromatic carbocycles. The fourth-order valence-electron chi connectivity index (χ4n) is 4.35. The standard InChI is InChI=1S/C21H27N6O7P/c1-21(25-26-22)18(29)16(33-19(21)27-12-11-17(28)23-20(27)30)13-32-35(31,24-14-7-5-6-8-14)34-15-9-3-2-4-10-15/h2-4,9-12,14,16,18-19,29H,5-8,13H2,1H3,(H,24,31)(H,23,28,30)/t16-,18-,19+,21-,35?/m1/s1. The van der Waals surface area contributed by atoms with Crippen molar-refractivity contribution in [2.75, 3.05) is 6.61 Å². The Kier molecular flexibility index (Phi) is 7.46. The number of hydrogen-bond donors (Lipinski definition) is 3. The highest BCUT2D eigenvalue weighted by Crippen LogP contribution is 2.48. The number of aromatic nitrogens is 2. The fraction of sp³-hybridized carbons (Fsp3) is 0.524. The van der Waals surface area contributed by atoms with Gasteiger partial charge in [0.2, 0.25) is 0 Å². The predicted molar refractivity (Wildman–Crippen MR) is 125 cm³/mol. The van der Waals surface area contributed by atoms with E-state index in [0.29, 0.717) is 5.75 Å². The molecule has 1 unspecified atom stereocenters. The van der Waals surface area contributed by atoms with Crippen molar-refractivity contribution in [1.29, 1.82) is 0 Å². The van der Waals surface area contributed by atoms with Gasteiger partial charge in [-0.2, -0.15) is 0 Å². The Hall–Kier alpha value is -2.92. The number of nitrogens with one attached hydrogen (secondary N) is 2. The Balaban J connectivity index is 1.57. The molecule has 13 nitrogen and oxygen atoms in total. The van der Waals surface area contributed by atoms with Crippen molar-refractivity contribution in [2.45, 2.75) is 62.6 Å². The maximum atomic E-state index is 13.7. The molecule has 3 N–H and O–H groups in total. The number of benzene rings is 1. The summed E-state index contributed by atoms with van der Waals surface area (Å²) in [5, 5.41) is 17.6. The van der Waals surface area contributed by atoms with Crippen LogP contribution in [0.2, 0.25) is 0 Å². The van der Waals surface area contributed by atoms with E-state index in [9.17, 15) is 19.3 Å². The lowest BCUT2D eigenvalue weighted by molar-refractivity contribution is -0.0456. The first kappa shape index (κ1) is 25.2. The minimum Gasteiger partial charge on any atom is -0.413 e. The second-order valence-corrected chi connectivity index (χ2v) is 10.4. The molecule has 1 saturated heterocycles. The van der Waals surface area contributed by atoms with Gasteiger partial charge in [0, 0.05) is 23.2 Å². The Labute approximate surface area is 200 Å².